The van der Waals surface area contributed by atoms with Crippen LogP contribution in [0.4, 0.5) is 0 Å². The van der Waals surface area contributed by atoms with Gasteiger partial charge in [0.05, 0.1) is 0 Å². The maximum atomic E-state index is 11.4. The summed E-state index contributed by atoms with van der Waals surface area (Å²) in [5.41, 5.74) is 0. The molecule has 15 heavy (non-hydrogen) atoms. The van der Waals surface area contributed by atoms with Gasteiger partial charge in [-0.05, 0) is 11.1 Å². The fraction of sp³-hybridized carbons (Fsp3) is 0.571. The van der Waals surface area contributed by atoms with Crippen LogP contribution in [0.1, 0.15) is 24.5 Å². The van der Waals surface area contributed by atoms with Crippen LogP contribution in [-0.4, -0.2) is 43.6 Å². The number of carboxylic acid groups (broad SMARTS) is 1. The molecule has 1 rings (SSSR count). The van der Waals surface area contributed by atoms with Crippen LogP contribution < -0.4 is 5.32 Å². The number of rotatable bonds is 4. The predicted octanol–water partition coefficient (Wildman–Crippen LogP) is -0.961. The highest BCUT2D eigenvalue weighted by molar-refractivity contribution is 5.93. The third-order valence-electron chi connectivity index (χ3n) is 1.77. The number of aliphatic carboxylic acids is 1. The van der Waals surface area contributed by atoms with Crippen LogP contribution in [0.25, 0.3) is 0 Å². The Morgan fingerprint density at radius 2 is 2.13 bits per heavy atom. The Labute approximate surface area is 85.1 Å². The summed E-state index contributed by atoms with van der Waals surface area (Å²) in [7, 11) is 0. The summed E-state index contributed by atoms with van der Waals surface area (Å²) in [6.45, 7) is 3.38. The molecule has 0 spiro atoms. The van der Waals surface area contributed by atoms with Crippen LogP contribution >= 0.6 is 0 Å². The smallest absolute Gasteiger partial charge is 0.326 e. The standard InChI is InChI=1S/C7H11N5O3/c1-3(2)4(7(14)15)8-6(13)5-9-11-12-10-5/h3-4H,1-2H3,(H,8,13)(H,14,15)(H,9,10,11,12). The number of tetrazole rings is 1. The lowest BCUT2D eigenvalue weighted by atomic mass is 10.1. The van der Waals surface area contributed by atoms with Gasteiger partial charge < -0.3 is 10.4 Å². The van der Waals surface area contributed by atoms with Gasteiger partial charge in [-0.1, -0.05) is 13.8 Å². The first-order valence-corrected chi connectivity index (χ1v) is 4.29. The van der Waals surface area contributed by atoms with Crippen molar-refractivity contribution in [2.45, 2.75) is 19.9 Å². The van der Waals surface area contributed by atoms with Crippen molar-refractivity contribution >= 4 is 11.9 Å². The zero-order chi connectivity index (χ0) is 11.4. The van der Waals surface area contributed by atoms with E-state index in [9.17, 15) is 9.59 Å². The molecule has 1 amide bonds. The molecular weight excluding hydrogens is 202 g/mol. The number of nitrogens with zero attached hydrogens (tertiary/aromatic N) is 3. The number of hydrogen-bond acceptors (Lipinski definition) is 5. The van der Waals surface area contributed by atoms with Gasteiger partial charge in [-0.25, -0.2) is 4.79 Å². The number of carboxylic acids is 1. The molecule has 8 nitrogen and oxygen atoms in total. The third kappa shape index (κ3) is 2.73. The van der Waals surface area contributed by atoms with Crippen LogP contribution in [-0.2, 0) is 4.79 Å². The van der Waals surface area contributed by atoms with E-state index < -0.39 is 17.9 Å². The van der Waals surface area contributed by atoms with E-state index in [-0.39, 0.29) is 11.7 Å². The van der Waals surface area contributed by atoms with Gasteiger partial charge in [0, 0.05) is 0 Å². The molecule has 0 fully saturated rings. The first-order valence-electron chi connectivity index (χ1n) is 4.29. The number of H-pyrrole nitrogens is 1. The molecule has 0 bridgehead atoms. The van der Waals surface area contributed by atoms with Crippen molar-refractivity contribution < 1.29 is 14.7 Å². The predicted molar refractivity (Wildman–Crippen MR) is 47.9 cm³/mol. The van der Waals surface area contributed by atoms with E-state index in [1.54, 1.807) is 13.8 Å². The molecular formula is C7H11N5O3. The summed E-state index contributed by atoms with van der Waals surface area (Å²) < 4.78 is 0. The number of aromatic nitrogens is 4. The number of amides is 1. The monoisotopic (exact) mass is 213 g/mol. The average Bonchev–Trinajstić information content (AvgIpc) is 2.65. The van der Waals surface area contributed by atoms with Crippen LogP contribution in [0.2, 0.25) is 0 Å². The highest BCUT2D eigenvalue weighted by Gasteiger charge is 2.25. The lowest BCUT2D eigenvalue weighted by Crippen LogP contribution is -2.44. The van der Waals surface area contributed by atoms with E-state index in [0.29, 0.717) is 0 Å². The summed E-state index contributed by atoms with van der Waals surface area (Å²) in [6, 6.07) is -0.962. The zero-order valence-corrected chi connectivity index (χ0v) is 8.26. The molecule has 1 atom stereocenters. The van der Waals surface area contributed by atoms with Gasteiger partial charge in [0.15, 0.2) is 0 Å². The van der Waals surface area contributed by atoms with Crippen molar-refractivity contribution in [2.24, 2.45) is 5.92 Å². The van der Waals surface area contributed by atoms with Crippen LogP contribution in [0.15, 0.2) is 0 Å². The van der Waals surface area contributed by atoms with Gasteiger partial charge in [0.25, 0.3) is 11.7 Å². The van der Waals surface area contributed by atoms with Crippen molar-refractivity contribution in [3.05, 3.63) is 5.82 Å². The van der Waals surface area contributed by atoms with E-state index in [1.165, 1.54) is 0 Å². The highest BCUT2D eigenvalue weighted by atomic mass is 16.4. The minimum atomic E-state index is -1.10. The fourth-order valence-electron chi connectivity index (χ4n) is 0.977. The van der Waals surface area contributed by atoms with Gasteiger partial charge in [0.1, 0.15) is 6.04 Å². The van der Waals surface area contributed by atoms with E-state index in [2.05, 4.69) is 25.9 Å². The quantitative estimate of drug-likeness (QED) is 0.592. The topological polar surface area (TPSA) is 121 Å². The molecule has 1 aromatic heterocycles. The Balaban J connectivity index is 2.67. The Morgan fingerprint density at radius 3 is 2.53 bits per heavy atom. The van der Waals surface area contributed by atoms with Gasteiger partial charge in [0.2, 0.25) is 0 Å². The summed E-state index contributed by atoms with van der Waals surface area (Å²) in [5.74, 6) is -2.16. The second kappa shape index (κ2) is 4.49. The number of aromatic amines is 1. The summed E-state index contributed by atoms with van der Waals surface area (Å²) in [4.78, 5) is 22.1. The van der Waals surface area contributed by atoms with Crippen molar-refractivity contribution in [3.63, 3.8) is 0 Å². The maximum absolute atomic E-state index is 11.4. The molecule has 3 N–H and O–H groups in total. The van der Waals surface area contributed by atoms with Crippen molar-refractivity contribution in [3.8, 4) is 0 Å². The van der Waals surface area contributed by atoms with E-state index in [0.717, 1.165) is 0 Å². The lowest BCUT2D eigenvalue weighted by molar-refractivity contribution is -0.140. The number of hydrogen-bond donors (Lipinski definition) is 3. The van der Waals surface area contributed by atoms with Gasteiger partial charge in [-0.2, -0.15) is 5.21 Å². The summed E-state index contributed by atoms with van der Waals surface area (Å²) in [6.07, 6.45) is 0. The van der Waals surface area contributed by atoms with Crippen molar-refractivity contribution in [1.29, 1.82) is 0 Å². The normalized spacial score (nSPS) is 12.5. The molecule has 0 saturated heterocycles. The average molecular weight is 213 g/mol. The van der Waals surface area contributed by atoms with Gasteiger partial charge in [-0.15, -0.1) is 10.2 Å². The molecule has 1 unspecified atom stereocenters. The second-order valence-electron chi connectivity index (χ2n) is 3.27. The summed E-state index contributed by atoms with van der Waals surface area (Å²) in [5, 5.41) is 23.3. The zero-order valence-electron chi connectivity index (χ0n) is 8.26. The minimum absolute atomic E-state index is 0.179. The highest BCUT2D eigenvalue weighted by Crippen LogP contribution is 2.02. The molecule has 0 aliphatic heterocycles. The second-order valence-corrected chi connectivity index (χ2v) is 3.27. The first-order chi connectivity index (χ1) is 7.02. The first kappa shape index (κ1) is 11.1. The van der Waals surface area contributed by atoms with E-state index in [1.807, 2.05) is 0 Å². The van der Waals surface area contributed by atoms with Crippen LogP contribution in [0, 0.1) is 5.92 Å². The van der Waals surface area contributed by atoms with Gasteiger partial charge in [-0.3, -0.25) is 4.79 Å². The Bertz CT molecular complexity index is 348. The number of carbonyl (C=O) groups is 2. The lowest BCUT2D eigenvalue weighted by Gasteiger charge is -2.16. The molecule has 1 aromatic rings. The third-order valence-corrected chi connectivity index (χ3v) is 1.77. The largest absolute Gasteiger partial charge is 0.480 e. The van der Waals surface area contributed by atoms with Crippen molar-refractivity contribution in [1.82, 2.24) is 25.9 Å². The van der Waals surface area contributed by atoms with Crippen LogP contribution in [0.5, 0.6) is 0 Å². The van der Waals surface area contributed by atoms with Crippen molar-refractivity contribution in [2.75, 3.05) is 0 Å². The molecule has 0 aromatic carbocycles. The molecule has 0 radical (unpaired) electrons. The summed E-state index contributed by atoms with van der Waals surface area (Å²) >= 11 is 0. The minimum Gasteiger partial charge on any atom is -0.480 e. The molecule has 0 aliphatic carbocycles. The Kier molecular flexibility index (Phi) is 3.32. The Hall–Kier alpha value is -1.99. The van der Waals surface area contributed by atoms with Crippen LogP contribution in [0.3, 0.4) is 0 Å². The molecule has 8 heteroatoms. The SMILES string of the molecule is CC(C)C(NC(=O)c1nn[nH]n1)C(=O)O. The maximum Gasteiger partial charge on any atom is 0.326 e. The molecule has 1 heterocycles. The number of carbonyl (C=O) groups excluding carboxylic acids is 1. The molecule has 0 aliphatic rings. The fourth-order valence-corrected chi connectivity index (χ4v) is 0.977. The molecule has 0 saturated carbocycles. The Morgan fingerprint density at radius 1 is 1.47 bits per heavy atom. The molecule has 82 valence electrons. The van der Waals surface area contributed by atoms with E-state index in [4.69, 9.17) is 5.11 Å². The van der Waals surface area contributed by atoms with Gasteiger partial charge >= 0.3 is 5.97 Å². The van der Waals surface area contributed by atoms with E-state index >= 15 is 0 Å². The number of nitrogens with one attached hydrogen (secondary N) is 2.